The van der Waals surface area contributed by atoms with Crippen molar-refractivity contribution in [1.29, 1.82) is 0 Å². The van der Waals surface area contributed by atoms with Gasteiger partial charge in [-0.05, 0) is 18.6 Å². The highest BCUT2D eigenvalue weighted by Crippen LogP contribution is 2.08. The molecule has 0 unspecified atom stereocenters. The number of carbonyl (C=O) groups is 1. The molecule has 19 heavy (non-hydrogen) atoms. The Morgan fingerprint density at radius 3 is 2.37 bits per heavy atom. The highest BCUT2D eigenvalue weighted by Gasteiger charge is 2.06. The summed E-state index contributed by atoms with van der Waals surface area (Å²) in [6.07, 6.45) is 11.6. The van der Waals surface area contributed by atoms with E-state index in [4.69, 9.17) is 4.74 Å². The normalized spacial score (nSPS) is 10.4. The van der Waals surface area contributed by atoms with Gasteiger partial charge in [0, 0.05) is 6.20 Å². The largest absolute Gasteiger partial charge is 0.461 e. The van der Waals surface area contributed by atoms with E-state index in [-0.39, 0.29) is 5.97 Å². The molecule has 106 valence electrons. The second kappa shape index (κ2) is 10.5. The van der Waals surface area contributed by atoms with Gasteiger partial charge in [-0.1, -0.05) is 57.9 Å². The average molecular weight is 263 g/mol. The van der Waals surface area contributed by atoms with Crippen LogP contribution in [0.5, 0.6) is 0 Å². The summed E-state index contributed by atoms with van der Waals surface area (Å²) in [5.74, 6) is -0.316. The summed E-state index contributed by atoms with van der Waals surface area (Å²) in [7, 11) is 0. The maximum atomic E-state index is 11.6. The molecule has 0 fully saturated rings. The van der Waals surface area contributed by atoms with Gasteiger partial charge in [-0.2, -0.15) is 0 Å². The van der Waals surface area contributed by atoms with E-state index in [0.717, 1.165) is 12.8 Å². The zero-order valence-electron chi connectivity index (χ0n) is 11.9. The van der Waals surface area contributed by atoms with E-state index in [1.54, 1.807) is 24.4 Å². The van der Waals surface area contributed by atoms with Crippen LogP contribution in [0.4, 0.5) is 0 Å². The molecule has 1 rings (SSSR count). The van der Waals surface area contributed by atoms with Crippen molar-refractivity contribution >= 4 is 5.97 Å². The molecule has 1 heterocycles. The molecule has 0 spiro atoms. The molecule has 0 aliphatic rings. The van der Waals surface area contributed by atoms with Gasteiger partial charge >= 0.3 is 5.97 Å². The lowest BCUT2D eigenvalue weighted by Crippen LogP contribution is -2.08. The fourth-order valence-corrected chi connectivity index (χ4v) is 1.96. The summed E-state index contributed by atoms with van der Waals surface area (Å²) >= 11 is 0. The number of hydrogen-bond acceptors (Lipinski definition) is 3. The molecule has 0 N–H and O–H groups in total. The van der Waals surface area contributed by atoms with Crippen molar-refractivity contribution in [3.05, 3.63) is 30.1 Å². The molecular weight excluding hydrogens is 238 g/mol. The van der Waals surface area contributed by atoms with Crippen molar-refractivity contribution in [3.63, 3.8) is 0 Å². The molecule has 0 saturated carbocycles. The molecule has 0 aromatic carbocycles. The minimum absolute atomic E-state index is 0.316. The van der Waals surface area contributed by atoms with Crippen LogP contribution in [0.15, 0.2) is 24.4 Å². The van der Waals surface area contributed by atoms with E-state index < -0.39 is 0 Å². The lowest BCUT2D eigenvalue weighted by molar-refractivity contribution is 0.0491. The SMILES string of the molecule is CCCCCCCCCCOC(=O)c1ccccn1. The number of nitrogens with zero attached hydrogens (tertiary/aromatic N) is 1. The zero-order valence-corrected chi connectivity index (χ0v) is 11.9. The van der Waals surface area contributed by atoms with Crippen LogP contribution in [-0.2, 0) is 4.74 Å². The molecule has 0 saturated heterocycles. The number of esters is 1. The molecule has 0 atom stereocenters. The summed E-state index contributed by atoms with van der Waals surface area (Å²) in [5.41, 5.74) is 0.391. The summed E-state index contributed by atoms with van der Waals surface area (Å²) in [6.45, 7) is 2.74. The third kappa shape index (κ3) is 7.60. The molecule has 0 radical (unpaired) electrons. The molecular formula is C16H25NO2. The summed E-state index contributed by atoms with van der Waals surface area (Å²) in [5, 5.41) is 0. The van der Waals surface area contributed by atoms with Crippen LogP contribution in [0.1, 0.15) is 68.8 Å². The number of hydrogen-bond donors (Lipinski definition) is 0. The first-order valence-electron chi connectivity index (χ1n) is 7.42. The van der Waals surface area contributed by atoms with Crippen LogP contribution >= 0.6 is 0 Å². The minimum atomic E-state index is -0.316. The van der Waals surface area contributed by atoms with Gasteiger partial charge in [0.05, 0.1) is 6.61 Å². The maximum Gasteiger partial charge on any atom is 0.356 e. The van der Waals surface area contributed by atoms with Gasteiger partial charge in [-0.3, -0.25) is 0 Å². The Morgan fingerprint density at radius 2 is 1.74 bits per heavy atom. The lowest BCUT2D eigenvalue weighted by atomic mass is 10.1. The van der Waals surface area contributed by atoms with E-state index in [1.807, 2.05) is 0 Å². The Hall–Kier alpha value is -1.38. The second-order valence-electron chi connectivity index (χ2n) is 4.83. The Morgan fingerprint density at radius 1 is 1.05 bits per heavy atom. The topological polar surface area (TPSA) is 39.2 Å². The number of unbranched alkanes of at least 4 members (excludes halogenated alkanes) is 7. The predicted octanol–water partition coefficient (Wildman–Crippen LogP) is 4.38. The minimum Gasteiger partial charge on any atom is -0.461 e. The first-order valence-corrected chi connectivity index (χ1v) is 7.42. The maximum absolute atomic E-state index is 11.6. The third-order valence-electron chi connectivity index (χ3n) is 3.11. The molecule has 1 aromatic heterocycles. The first-order chi connectivity index (χ1) is 9.34. The number of carbonyl (C=O) groups excluding carboxylic acids is 1. The second-order valence-corrected chi connectivity index (χ2v) is 4.83. The number of ether oxygens (including phenoxy) is 1. The standard InChI is InChI=1S/C16H25NO2/c1-2-3-4-5-6-7-8-11-14-19-16(18)15-12-9-10-13-17-15/h9-10,12-13H,2-8,11,14H2,1H3. The van der Waals surface area contributed by atoms with Crippen LogP contribution in [0, 0.1) is 0 Å². The van der Waals surface area contributed by atoms with Crippen LogP contribution in [0.25, 0.3) is 0 Å². The van der Waals surface area contributed by atoms with Crippen molar-refractivity contribution in [2.45, 2.75) is 58.3 Å². The molecule has 3 nitrogen and oxygen atoms in total. The Kier molecular flexibility index (Phi) is 8.69. The van der Waals surface area contributed by atoms with Crippen molar-refractivity contribution in [3.8, 4) is 0 Å². The molecule has 0 aliphatic carbocycles. The van der Waals surface area contributed by atoms with Gasteiger partial charge in [-0.25, -0.2) is 9.78 Å². The van der Waals surface area contributed by atoms with Gasteiger partial charge in [0.1, 0.15) is 5.69 Å². The molecule has 0 amide bonds. The smallest absolute Gasteiger partial charge is 0.356 e. The third-order valence-corrected chi connectivity index (χ3v) is 3.11. The van der Waals surface area contributed by atoms with Crippen LogP contribution in [-0.4, -0.2) is 17.6 Å². The van der Waals surface area contributed by atoms with Gasteiger partial charge in [0.2, 0.25) is 0 Å². The fraction of sp³-hybridized carbons (Fsp3) is 0.625. The first kappa shape index (κ1) is 15.7. The van der Waals surface area contributed by atoms with Crippen LogP contribution in [0.2, 0.25) is 0 Å². The Balaban J connectivity index is 1.95. The quantitative estimate of drug-likeness (QED) is 0.464. The monoisotopic (exact) mass is 263 g/mol. The van der Waals surface area contributed by atoms with E-state index in [0.29, 0.717) is 12.3 Å². The Labute approximate surface area is 116 Å². The van der Waals surface area contributed by atoms with Crippen LogP contribution < -0.4 is 0 Å². The van der Waals surface area contributed by atoms with E-state index in [2.05, 4.69) is 11.9 Å². The van der Waals surface area contributed by atoms with Crippen molar-refractivity contribution < 1.29 is 9.53 Å². The van der Waals surface area contributed by atoms with Gasteiger partial charge in [0.15, 0.2) is 0 Å². The van der Waals surface area contributed by atoms with E-state index >= 15 is 0 Å². The van der Waals surface area contributed by atoms with Gasteiger partial charge in [0.25, 0.3) is 0 Å². The average Bonchev–Trinajstić information content (AvgIpc) is 2.46. The van der Waals surface area contributed by atoms with Gasteiger partial charge in [-0.15, -0.1) is 0 Å². The Bertz CT molecular complexity index is 338. The highest BCUT2D eigenvalue weighted by molar-refractivity contribution is 5.87. The number of rotatable bonds is 10. The summed E-state index contributed by atoms with van der Waals surface area (Å²) < 4.78 is 5.17. The summed E-state index contributed by atoms with van der Waals surface area (Å²) in [4.78, 5) is 15.5. The fourth-order valence-electron chi connectivity index (χ4n) is 1.96. The van der Waals surface area contributed by atoms with Crippen molar-refractivity contribution in [2.75, 3.05) is 6.61 Å². The number of pyridine rings is 1. The molecule has 1 aromatic rings. The van der Waals surface area contributed by atoms with E-state index in [9.17, 15) is 4.79 Å². The highest BCUT2D eigenvalue weighted by atomic mass is 16.5. The van der Waals surface area contributed by atoms with E-state index in [1.165, 1.54) is 38.5 Å². The van der Waals surface area contributed by atoms with Crippen LogP contribution in [0.3, 0.4) is 0 Å². The number of aromatic nitrogens is 1. The molecule has 0 aliphatic heterocycles. The zero-order chi connectivity index (χ0) is 13.8. The van der Waals surface area contributed by atoms with Gasteiger partial charge < -0.3 is 4.74 Å². The van der Waals surface area contributed by atoms with Crippen molar-refractivity contribution in [1.82, 2.24) is 4.98 Å². The van der Waals surface area contributed by atoms with Crippen molar-refractivity contribution in [2.24, 2.45) is 0 Å². The molecule has 0 bridgehead atoms. The molecule has 3 heteroatoms. The predicted molar refractivity (Wildman–Crippen MR) is 77.1 cm³/mol. The lowest BCUT2D eigenvalue weighted by Gasteiger charge is -2.04. The summed E-state index contributed by atoms with van der Waals surface area (Å²) in [6, 6.07) is 5.26.